The molecule has 0 unspecified atom stereocenters. The van der Waals surface area contributed by atoms with Crippen molar-refractivity contribution in [3.8, 4) is 0 Å². The van der Waals surface area contributed by atoms with Crippen molar-refractivity contribution in [2.24, 2.45) is 17.8 Å². The molecule has 3 heteroatoms. The van der Waals surface area contributed by atoms with Crippen LogP contribution in [0.5, 0.6) is 0 Å². The third-order valence-electron chi connectivity index (χ3n) is 4.20. The first-order valence-electron chi connectivity index (χ1n) is 6.61. The average molecular weight is 243 g/mol. The highest BCUT2D eigenvalue weighted by molar-refractivity contribution is 6.22. The number of carbonyl (C=O) groups excluding carboxylic acids is 2. The van der Waals surface area contributed by atoms with Gasteiger partial charge in [0.2, 0.25) is 11.8 Å². The van der Waals surface area contributed by atoms with Gasteiger partial charge in [-0.3, -0.25) is 14.5 Å². The molecule has 2 fully saturated rings. The van der Waals surface area contributed by atoms with Crippen LogP contribution in [0, 0.1) is 17.8 Å². The molecule has 0 bridgehead atoms. The number of nitrogens with zero attached hydrogens (tertiary/aromatic N) is 1. The summed E-state index contributed by atoms with van der Waals surface area (Å²) in [6, 6.07) is 9.28. The molecule has 1 saturated carbocycles. The predicted octanol–water partition coefficient (Wildman–Crippen LogP) is 2.61. The quantitative estimate of drug-likeness (QED) is 0.711. The Kier molecular flexibility index (Phi) is 2.69. The van der Waals surface area contributed by atoms with Gasteiger partial charge in [-0.15, -0.1) is 0 Å². The van der Waals surface area contributed by atoms with Gasteiger partial charge in [0, 0.05) is 0 Å². The van der Waals surface area contributed by atoms with Crippen molar-refractivity contribution in [2.75, 3.05) is 4.90 Å². The maximum absolute atomic E-state index is 12.4. The minimum atomic E-state index is -0.0820. The van der Waals surface area contributed by atoms with Crippen molar-refractivity contribution in [3.05, 3.63) is 30.3 Å². The first-order chi connectivity index (χ1) is 8.68. The minimum absolute atomic E-state index is 0.00255. The van der Waals surface area contributed by atoms with E-state index in [0.29, 0.717) is 5.92 Å². The SMILES string of the molecule is C[C@H]1CC[C@H]2C(=O)N(c3ccccc3)C(=O)[C@@H]2C1. The van der Waals surface area contributed by atoms with Gasteiger partial charge >= 0.3 is 0 Å². The number of para-hydroxylation sites is 1. The third kappa shape index (κ3) is 1.65. The lowest BCUT2D eigenvalue weighted by molar-refractivity contribution is -0.122. The molecule has 3 rings (SSSR count). The Bertz CT molecular complexity index is 483. The van der Waals surface area contributed by atoms with Crippen LogP contribution in [0.2, 0.25) is 0 Å². The Labute approximate surface area is 107 Å². The predicted molar refractivity (Wildman–Crippen MR) is 68.9 cm³/mol. The summed E-state index contributed by atoms with van der Waals surface area (Å²) in [6.07, 6.45) is 2.78. The van der Waals surface area contributed by atoms with Crippen LogP contribution in [-0.4, -0.2) is 11.8 Å². The van der Waals surface area contributed by atoms with Gasteiger partial charge < -0.3 is 0 Å². The number of amides is 2. The molecule has 2 amide bonds. The van der Waals surface area contributed by atoms with Crippen LogP contribution in [0.15, 0.2) is 30.3 Å². The van der Waals surface area contributed by atoms with Crippen LogP contribution in [0.25, 0.3) is 0 Å². The Morgan fingerprint density at radius 1 is 1.00 bits per heavy atom. The largest absolute Gasteiger partial charge is 0.274 e. The van der Waals surface area contributed by atoms with Crippen LogP contribution in [0.4, 0.5) is 5.69 Å². The lowest BCUT2D eigenvalue weighted by atomic mass is 9.76. The van der Waals surface area contributed by atoms with Gasteiger partial charge in [0.25, 0.3) is 0 Å². The fraction of sp³-hybridized carbons (Fsp3) is 0.467. The first kappa shape index (κ1) is 11.5. The molecule has 2 aliphatic rings. The van der Waals surface area contributed by atoms with Crippen LogP contribution < -0.4 is 4.90 Å². The van der Waals surface area contributed by atoms with Crippen molar-refractivity contribution in [2.45, 2.75) is 26.2 Å². The zero-order valence-electron chi connectivity index (χ0n) is 10.5. The highest BCUT2D eigenvalue weighted by Crippen LogP contribution is 2.41. The molecule has 0 spiro atoms. The van der Waals surface area contributed by atoms with Gasteiger partial charge in [0.15, 0.2) is 0 Å². The molecule has 18 heavy (non-hydrogen) atoms. The van der Waals surface area contributed by atoms with Crippen LogP contribution in [0.1, 0.15) is 26.2 Å². The molecular weight excluding hydrogens is 226 g/mol. The molecule has 94 valence electrons. The molecule has 1 saturated heterocycles. The van der Waals surface area contributed by atoms with E-state index >= 15 is 0 Å². The van der Waals surface area contributed by atoms with Crippen molar-refractivity contribution in [1.82, 2.24) is 0 Å². The van der Waals surface area contributed by atoms with Gasteiger partial charge in [-0.1, -0.05) is 25.1 Å². The molecule has 0 N–H and O–H groups in total. The number of hydrogen-bond donors (Lipinski definition) is 0. The lowest BCUT2D eigenvalue weighted by Crippen LogP contribution is -2.30. The van der Waals surface area contributed by atoms with E-state index in [2.05, 4.69) is 6.92 Å². The molecule has 3 atom stereocenters. The fourth-order valence-electron chi connectivity index (χ4n) is 3.22. The number of anilines is 1. The Morgan fingerprint density at radius 2 is 1.67 bits per heavy atom. The van der Waals surface area contributed by atoms with Gasteiger partial charge in [0.1, 0.15) is 0 Å². The van der Waals surface area contributed by atoms with Gasteiger partial charge in [-0.05, 0) is 37.3 Å². The van der Waals surface area contributed by atoms with Gasteiger partial charge in [0.05, 0.1) is 17.5 Å². The topological polar surface area (TPSA) is 37.4 Å². The van der Waals surface area contributed by atoms with Crippen molar-refractivity contribution >= 4 is 17.5 Å². The molecule has 1 heterocycles. The van der Waals surface area contributed by atoms with Crippen LogP contribution in [0.3, 0.4) is 0 Å². The number of fused-ring (bicyclic) bond motifs is 1. The number of hydrogen-bond acceptors (Lipinski definition) is 2. The van der Waals surface area contributed by atoms with E-state index in [1.54, 1.807) is 0 Å². The van der Waals surface area contributed by atoms with E-state index in [4.69, 9.17) is 0 Å². The molecule has 1 aliphatic heterocycles. The zero-order chi connectivity index (χ0) is 12.7. The third-order valence-corrected chi connectivity index (χ3v) is 4.20. The monoisotopic (exact) mass is 243 g/mol. The molecule has 1 aliphatic carbocycles. The standard InChI is InChI=1S/C15H17NO2/c1-10-7-8-12-13(9-10)15(18)16(14(12)17)11-5-3-2-4-6-11/h2-6,10,12-13H,7-9H2,1H3/t10-,12+,13+/m0/s1. The average Bonchev–Trinajstić information content (AvgIpc) is 2.63. The van der Waals surface area contributed by atoms with Crippen molar-refractivity contribution in [3.63, 3.8) is 0 Å². The lowest BCUT2D eigenvalue weighted by Gasteiger charge is -2.25. The Balaban J connectivity index is 1.94. The second-order valence-electron chi connectivity index (χ2n) is 5.48. The highest BCUT2D eigenvalue weighted by atomic mass is 16.2. The molecule has 0 aromatic heterocycles. The molecular formula is C15H17NO2. The number of imide groups is 1. The van der Waals surface area contributed by atoms with E-state index in [-0.39, 0.29) is 23.7 Å². The normalized spacial score (nSPS) is 31.6. The van der Waals surface area contributed by atoms with E-state index < -0.39 is 0 Å². The Morgan fingerprint density at radius 3 is 2.39 bits per heavy atom. The number of benzene rings is 1. The van der Waals surface area contributed by atoms with Crippen LogP contribution in [-0.2, 0) is 9.59 Å². The van der Waals surface area contributed by atoms with E-state index in [0.717, 1.165) is 24.9 Å². The minimum Gasteiger partial charge on any atom is -0.274 e. The second-order valence-corrected chi connectivity index (χ2v) is 5.48. The van der Waals surface area contributed by atoms with E-state index in [1.165, 1.54) is 4.90 Å². The molecule has 1 aromatic carbocycles. The smallest absolute Gasteiger partial charge is 0.237 e. The summed E-state index contributed by atoms with van der Waals surface area (Å²) in [4.78, 5) is 26.2. The van der Waals surface area contributed by atoms with Gasteiger partial charge in [-0.25, -0.2) is 0 Å². The Hall–Kier alpha value is -1.64. The summed E-state index contributed by atoms with van der Waals surface area (Å²) < 4.78 is 0. The molecule has 3 nitrogen and oxygen atoms in total. The summed E-state index contributed by atoms with van der Waals surface area (Å²) in [7, 11) is 0. The van der Waals surface area contributed by atoms with E-state index in [9.17, 15) is 9.59 Å². The molecule has 0 radical (unpaired) electrons. The fourth-order valence-corrected chi connectivity index (χ4v) is 3.22. The number of carbonyl (C=O) groups is 2. The van der Waals surface area contributed by atoms with Crippen molar-refractivity contribution in [1.29, 1.82) is 0 Å². The van der Waals surface area contributed by atoms with Crippen LogP contribution >= 0.6 is 0 Å². The van der Waals surface area contributed by atoms with E-state index in [1.807, 2.05) is 30.3 Å². The second kappa shape index (κ2) is 4.23. The summed E-state index contributed by atoms with van der Waals surface area (Å²) in [5.74, 6) is 0.403. The summed E-state index contributed by atoms with van der Waals surface area (Å²) in [5.41, 5.74) is 0.717. The molecule has 1 aromatic rings. The maximum Gasteiger partial charge on any atom is 0.237 e. The highest BCUT2D eigenvalue weighted by Gasteiger charge is 2.49. The summed E-state index contributed by atoms with van der Waals surface area (Å²) >= 11 is 0. The maximum atomic E-state index is 12.4. The summed E-state index contributed by atoms with van der Waals surface area (Å²) in [5, 5.41) is 0. The number of rotatable bonds is 1. The zero-order valence-corrected chi connectivity index (χ0v) is 10.5. The summed E-state index contributed by atoms with van der Waals surface area (Å²) in [6.45, 7) is 2.17. The first-order valence-corrected chi connectivity index (χ1v) is 6.61. The van der Waals surface area contributed by atoms with Gasteiger partial charge in [-0.2, -0.15) is 0 Å². The van der Waals surface area contributed by atoms with Crippen molar-refractivity contribution < 1.29 is 9.59 Å².